The van der Waals surface area contributed by atoms with Crippen LogP contribution in [0.1, 0.15) is 11.1 Å². The van der Waals surface area contributed by atoms with Gasteiger partial charge in [0.15, 0.2) is 0 Å². The Morgan fingerprint density at radius 3 is 1.69 bits per heavy atom. The van der Waals surface area contributed by atoms with Gasteiger partial charge < -0.3 is 10.6 Å². The van der Waals surface area contributed by atoms with Gasteiger partial charge in [-0.3, -0.25) is 9.59 Å². The molecule has 3 rings (SSSR count). The van der Waals surface area contributed by atoms with Crippen LogP contribution >= 0.6 is 0 Å². The Morgan fingerprint density at radius 1 is 0.812 bits per heavy atom. The van der Waals surface area contributed by atoms with Crippen LogP contribution in [0.2, 0.25) is 0 Å². The zero-order valence-electron chi connectivity index (χ0n) is 8.54. The van der Waals surface area contributed by atoms with Crippen LogP contribution in [-0.2, 0) is 13.1 Å². The van der Waals surface area contributed by atoms with Gasteiger partial charge in [-0.25, -0.2) is 0 Å². The van der Waals surface area contributed by atoms with E-state index in [1.807, 2.05) is 24.3 Å². The Labute approximate surface area is 91.6 Å². The zero-order valence-corrected chi connectivity index (χ0v) is 8.54. The summed E-state index contributed by atoms with van der Waals surface area (Å²) >= 11 is 0. The van der Waals surface area contributed by atoms with Crippen molar-refractivity contribution in [2.45, 2.75) is 13.1 Å². The summed E-state index contributed by atoms with van der Waals surface area (Å²) in [6, 6.07) is 7.96. The quantitative estimate of drug-likeness (QED) is 0.637. The summed E-state index contributed by atoms with van der Waals surface area (Å²) in [5.41, 5.74) is 2.32. The van der Waals surface area contributed by atoms with E-state index < -0.39 is 10.9 Å². The first-order valence-corrected chi connectivity index (χ1v) is 5.15. The Balaban J connectivity index is 2.01. The van der Waals surface area contributed by atoms with Crippen molar-refractivity contribution in [1.29, 1.82) is 0 Å². The summed E-state index contributed by atoms with van der Waals surface area (Å²) in [6.07, 6.45) is 0. The third-order valence-corrected chi connectivity index (χ3v) is 2.94. The molecule has 0 atom stereocenters. The first-order valence-electron chi connectivity index (χ1n) is 5.15. The SMILES string of the molecule is O=c1c2c(c1=O)NCc1ccccc1CN2. The number of anilines is 2. The molecule has 0 unspecified atom stereocenters. The van der Waals surface area contributed by atoms with Gasteiger partial charge in [-0.1, -0.05) is 24.3 Å². The molecule has 0 saturated heterocycles. The Hall–Kier alpha value is -2.10. The van der Waals surface area contributed by atoms with E-state index in [1.54, 1.807) is 0 Å². The average molecular weight is 214 g/mol. The van der Waals surface area contributed by atoms with Crippen molar-refractivity contribution in [3.63, 3.8) is 0 Å². The molecule has 0 aliphatic carbocycles. The number of nitrogens with one attached hydrogen (secondary N) is 2. The second kappa shape index (κ2) is 3.20. The van der Waals surface area contributed by atoms with Gasteiger partial charge >= 0.3 is 0 Å². The third-order valence-electron chi connectivity index (χ3n) is 2.94. The Kier molecular flexibility index (Phi) is 1.83. The Bertz CT molecular complexity index is 569. The van der Waals surface area contributed by atoms with Crippen molar-refractivity contribution in [1.82, 2.24) is 0 Å². The van der Waals surface area contributed by atoms with E-state index in [4.69, 9.17) is 0 Å². The highest BCUT2D eigenvalue weighted by Crippen LogP contribution is 2.21. The van der Waals surface area contributed by atoms with E-state index in [1.165, 1.54) is 0 Å². The van der Waals surface area contributed by atoms with Gasteiger partial charge in [-0.05, 0) is 11.1 Å². The van der Waals surface area contributed by atoms with E-state index >= 15 is 0 Å². The highest BCUT2D eigenvalue weighted by Gasteiger charge is 2.22. The summed E-state index contributed by atoms with van der Waals surface area (Å²) < 4.78 is 0. The van der Waals surface area contributed by atoms with Crippen LogP contribution < -0.4 is 21.5 Å². The lowest BCUT2D eigenvalue weighted by Crippen LogP contribution is -2.38. The van der Waals surface area contributed by atoms with E-state index in [9.17, 15) is 9.59 Å². The van der Waals surface area contributed by atoms with Gasteiger partial charge in [-0.2, -0.15) is 0 Å². The van der Waals surface area contributed by atoms with Crippen molar-refractivity contribution in [3.8, 4) is 0 Å². The molecule has 0 saturated carbocycles. The van der Waals surface area contributed by atoms with Gasteiger partial charge in [0.25, 0.3) is 10.9 Å². The lowest BCUT2D eigenvalue weighted by molar-refractivity contribution is 1.01. The monoisotopic (exact) mass is 214 g/mol. The Morgan fingerprint density at radius 2 is 1.25 bits per heavy atom. The molecule has 2 aromatic rings. The molecule has 4 nitrogen and oxygen atoms in total. The van der Waals surface area contributed by atoms with Crippen LogP contribution in [0, 0.1) is 0 Å². The minimum Gasteiger partial charge on any atom is -0.376 e. The summed E-state index contributed by atoms with van der Waals surface area (Å²) in [4.78, 5) is 22.5. The van der Waals surface area contributed by atoms with Crippen LogP contribution in [0.3, 0.4) is 0 Å². The molecule has 4 heteroatoms. The molecule has 2 aromatic carbocycles. The fraction of sp³-hybridized carbons (Fsp3) is 0.167. The predicted molar refractivity (Wildman–Crippen MR) is 62.4 cm³/mol. The van der Waals surface area contributed by atoms with Crippen LogP contribution in [0.5, 0.6) is 0 Å². The fourth-order valence-electron chi connectivity index (χ4n) is 2.00. The van der Waals surface area contributed by atoms with Crippen molar-refractivity contribution in [2.75, 3.05) is 10.6 Å². The summed E-state index contributed by atoms with van der Waals surface area (Å²) in [5.74, 6) is 0. The molecule has 0 radical (unpaired) electrons. The second-order valence-electron chi connectivity index (χ2n) is 3.88. The normalized spacial score (nSPS) is 14.0. The minimum atomic E-state index is -0.415. The molecule has 0 amide bonds. The van der Waals surface area contributed by atoms with Crippen LogP contribution in [0.25, 0.3) is 0 Å². The van der Waals surface area contributed by atoms with Crippen LogP contribution in [0.15, 0.2) is 33.9 Å². The third kappa shape index (κ3) is 1.16. The summed E-state index contributed by atoms with van der Waals surface area (Å²) in [6.45, 7) is 1.19. The zero-order chi connectivity index (χ0) is 11.1. The largest absolute Gasteiger partial charge is 0.376 e. The summed E-state index contributed by atoms with van der Waals surface area (Å²) in [7, 11) is 0. The van der Waals surface area contributed by atoms with Gasteiger partial charge in [0.1, 0.15) is 11.4 Å². The fourth-order valence-corrected chi connectivity index (χ4v) is 2.00. The molecule has 16 heavy (non-hydrogen) atoms. The van der Waals surface area contributed by atoms with Gasteiger partial charge in [-0.15, -0.1) is 0 Å². The maximum atomic E-state index is 11.3. The van der Waals surface area contributed by atoms with E-state index in [-0.39, 0.29) is 0 Å². The lowest BCUT2D eigenvalue weighted by Gasteiger charge is -2.20. The molecule has 0 fully saturated rings. The maximum Gasteiger partial charge on any atom is 0.253 e. The number of hydrogen-bond donors (Lipinski definition) is 2. The molecule has 2 N–H and O–H groups in total. The second-order valence-corrected chi connectivity index (χ2v) is 3.88. The van der Waals surface area contributed by atoms with Crippen LogP contribution in [0.4, 0.5) is 11.4 Å². The lowest BCUT2D eigenvalue weighted by atomic mass is 10.0. The van der Waals surface area contributed by atoms with Gasteiger partial charge in [0.2, 0.25) is 0 Å². The topological polar surface area (TPSA) is 58.2 Å². The van der Waals surface area contributed by atoms with E-state index in [0.717, 1.165) is 11.1 Å². The van der Waals surface area contributed by atoms with Crippen molar-refractivity contribution in [2.24, 2.45) is 0 Å². The van der Waals surface area contributed by atoms with Crippen molar-refractivity contribution >= 4 is 11.4 Å². The van der Waals surface area contributed by atoms with Crippen LogP contribution in [-0.4, -0.2) is 0 Å². The van der Waals surface area contributed by atoms with E-state index in [2.05, 4.69) is 10.6 Å². The molecule has 1 aliphatic heterocycles. The number of fused-ring (bicyclic) bond motifs is 2. The van der Waals surface area contributed by atoms with Gasteiger partial charge in [0.05, 0.1) is 0 Å². The molecule has 0 bridgehead atoms. The first kappa shape index (κ1) is 9.15. The highest BCUT2D eigenvalue weighted by molar-refractivity contribution is 5.74. The standard InChI is InChI=1S/C12H10N2O2/c15-11-9-10(12(11)16)14-6-8-4-2-1-3-7(8)5-13-9/h1-4,13-14H,5-6H2. The average Bonchev–Trinajstić information content (AvgIpc) is 2.30. The first-order chi connectivity index (χ1) is 7.77. The molecule has 1 aliphatic rings. The molecular formula is C12H10N2O2. The van der Waals surface area contributed by atoms with Gasteiger partial charge in [0, 0.05) is 13.1 Å². The van der Waals surface area contributed by atoms with E-state index in [0.29, 0.717) is 24.5 Å². The van der Waals surface area contributed by atoms with Crippen molar-refractivity contribution in [3.05, 3.63) is 55.8 Å². The number of rotatable bonds is 0. The maximum absolute atomic E-state index is 11.3. The molecule has 0 spiro atoms. The molecule has 1 heterocycles. The molecule has 80 valence electrons. The number of benzene rings is 1. The number of hydrogen-bond acceptors (Lipinski definition) is 4. The predicted octanol–water partition coefficient (Wildman–Crippen LogP) is 0.820. The molecular weight excluding hydrogens is 204 g/mol. The minimum absolute atomic E-state index is 0.415. The van der Waals surface area contributed by atoms with Crippen molar-refractivity contribution < 1.29 is 0 Å². The smallest absolute Gasteiger partial charge is 0.253 e. The summed E-state index contributed by atoms with van der Waals surface area (Å²) in [5, 5.41) is 6.01. The molecule has 0 aromatic heterocycles. The highest BCUT2D eigenvalue weighted by atomic mass is 16.2.